The van der Waals surface area contributed by atoms with Crippen LogP contribution in [-0.2, 0) is 9.53 Å². The van der Waals surface area contributed by atoms with Gasteiger partial charge in [-0.2, -0.15) is 0 Å². The second-order valence-corrected chi connectivity index (χ2v) is 4.83. The van der Waals surface area contributed by atoms with Crippen LogP contribution in [0.2, 0.25) is 0 Å². The zero-order valence-electron chi connectivity index (χ0n) is 12.0. The van der Waals surface area contributed by atoms with Crippen LogP contribution in [0.4, 0.5) is 0 Å². The minimum Gasteiger partial charge on any atom is -0.497 e. The summed E-state index contributed by atoms with van der Waals surface area (Å²) in [6.07, 6.45) is 8.66. The monoisotopic (exact) mass is 272 g/mol. The van der Waals surface area contributed by atoms with E-state index in [9.17, 15) is 4.79 Å². The quantitative estimate of drug-likeness (QED) is 0.586. The number of hydrogen-bond acceptors (Lipinski definition) is 3. The van der Waals surface area contributed by atoms with Gasteiger partial charge in [-0.1, -0.05) is 30.4 Å². The van der Waals surface area contributed by atoms with Crippen molar-refractivity contribution in [2.24, 2.45) is 5.92 Å². The zero-order valence-corrected chi connectivity index (χ0v) is 12.0. The van der Waals surface area contributed by atoms with Gasteiger partial charge in [0.25, 0.3) is 0 Å². The lowest BCUT2D eigenvalue weighted by molar-refractivity contribution is -0.139. The lowest BCUT2D eigenvalue weighted by Gasteiger charge is -2.06. The summed E-state index contributed by atoms with van der Waals surface area (Å²) >= 11 is 0. The summed E-state index contributed by atoms with van der Waals surface area (Å²) in [5.41, 5.74) is 2.55. The molecule has 3 heteroatoms. The van der Waals surface area contributed by atoms with Crippen LogP contribution < -0.4 is 4.74 Å². The van der Waals surface area contributed by atoms with Crippen molar-refractivity contribution in [3.8, 4) is 5.75 Å². The van der Waals surface area contributed by atoms with Gasteiger partial charge in [-0.05, 0) is 42.0 Å². The maximum atomic E-state index is 11.0. The number of ether oxygens (including phenoxy) is 2. The van der Waals surface area contributed by atoms with Gasteiger partial charge < -0.3 is 9.47 Å². The van der Waals surface area contributed by atoms with E-state index in [0.29, 0.717) is 12.3 Å². The Morgan fingerprint density at radius 2 is 1.95 bits per heavy atom. The molecule has 0 radical (unpaired) electrons. The van der Waals surface area contributed by atoms with Crippen molar-refractivity contribution in [3.05, 3.63) is 48.1 Å². The number of carbonyl (C=O) groups excluding carboxylic acids is 1. The summed E-state index contributed by atoms with van der Waals surface area (Å²) in [7, 11) is 3.07. The van der Waals surface area contributed by atoms with Gasteiger partial charge in [0, 0.05) is 0 Å². The largest absolute Gasteiger partial charge is 0.497 e. The van der Waals surface area contributed by atoms with Crippen LogP contribution in [0.15, 0.2) is 42.5 Å². The van der Waals surface area contributed by atoms with Gasteiger partial charge in [0.2, 0.25) is 0 Å². The lowest BCUT2D eigenvalue weighted by Crippen LogP contribution is -1.96. The van der Waals surface area contributed by atoms with Crippen molar-refractivity contribution in [2.75, 3.05) is 14.2 Å². The molecule has 0 unspecified atom stereocenters. The van der Waals surface area contributed by atoms with E-state index in [0.717, 1.165) is 5.75 Å². The van der Waals surface area contributed by atoms with E-state index < -0.39 is 0 Å². The van der Waals surface area contributed by atoms with Crippen molar-refractivity contribution >= 4 is 11.5 Å². The van der Waals surface area contributed by atoms with E-state index in [1.54, 1.807) is 7.11 Å². The minimum atomic E-state index is -0.216. The van der Waals surface area contributed by atoms with E-state index in [4.69, 9.17) is 4.74 Å². The molecule has 106 valence electrons. The topological polar surface area (TPSA) is 35.5 Å². The fourth-order valence-electron chi connectivity index (χ4n) is 2.07. The minimum absolute atomic E-state index is 0.216. The van der Waals surface area contributed by atoms with Gasteiger partial charge >= 0.3 is 5.97 Å². The second-order valence-electron chi connectivity index (χ2n) is 4.83. The molecule has 0 N–H and O–H groups in total. The Balaban J connectivity index is 2.08. The number of methoxy groups -OCH3 is 2. The average molecular weight is 272 g/mol. The molecule has 1 aromatic carbocycles. The van der Waals surface area contributed by atoms with Gasteiger partial charge in [0.15, 0.2) is 0 Å². The van der Waals surface area contributed by atoms with Gasteiger partial charge in [-0.25, -0.2) is 0 Å². The van der Waals surface area contributed by atoms with E-state index in [1.807, 2.05) is 24.3 Å². The number of esters is 1. The van der Waals surface area contributed by atoms with E-state index >= 15 is 0 Å². The van der Waals surface area contributed by atoms with Gasteiger partial charge in [0.1, 0.15) is 5.75 Å². The van der Waals surface area contributed by atoms with Crippen LogP contribution in [0.3, 0.4) is 0 Å². The first kappa shape index (κ1) is 14.4. The maximum absolute atomic E-state index is 11.0. The van der Waals surface area contributed by atoms with E-state index in [1.165, 1.54) is 31.1 Å². The Hall–Kier alpha value is -2.03. The van der Waals surface area contributed by atoms with Crippen LogP contribution in [0.1, 0.15) is 24.8 Å². The molecule has 1 aliphatic carbocycles. The third kappa shape index (κ3) is 3.98. The summed E-state index contributed by atoms with van der Waals surface area (Å²) in [5.74, 6) is 1.29. The predicted molar refractivity (Wildman–Crippen MR) is 79.5 cm³/mol. The molecule has 0 aliphatic heterocycles. The molecule has 20 heavy (non-hydrogen) atoms. The first-order valence-electron chi connectivity index (χ1n) is 6.82. The molecular formula is C17H20O3. The van der Waals surface area contributed by atoms with Crippen molar-refractivity contribution in [1.82, 2.24) is 0 Å². The van der Waals surface area contributed by atoms with Crippen LogP contribution in [0, 0.1) is 5.92 Å². The van der Waals surface area contributed by atoms with Crippen LogP contribution in [0.5, 0.6) is 5.75 Å². The van der Waals surface area contributed by atoms with Crippen LogP contribution in [-0.4, -0.2) is 20.2 Å². The van der Waals surface area contributed by atoms with E-state index in [-0.39, 0.29) is 5.97 Å². The molecule has 0 bridgehead atoms. The third-order valence-corrected chi connectivity index (χ3v) is 3.36. The number of hydrogen-bond donors (Lipinski definition) is 0. The van der Waals surface area contributed by atoms with Crippen molar-refractivity contribution < 1.29 is 14.3 Å². The first-order chi connectivity index (χ1) is 9.74. The SMILES string of the molecule is COC(=O)C/C=C/C=C(\c1ccc(OC)cc1)C1CC1. The molecule has 0 heterocycles. The highest BCUT2D eigenvalue weighted by Crippen LogP contribution is 2.42. The smallest absolute Gasteiger partial charge is 0.309 e. The summed E-state index contributed by atoms with van der Waals surface area (Å²) < 4.78 is 9.78. The molecule has 2 rings (SSSR count). The highest BCUT2D eigenvalue weighted by atomic mass is 16.5. The summed E-state index contributed by atoms with van der Waals surface area (Å²) in [6.45, 7) is 0. The Kier molecular flexibility index (Phi) is 4.99. The highest BCUT2D eigenvalue weighted by Gasteiger charge is 2.26. The molecule has 0 saturated heterocycles. The molecule has 0 atom stereocenters. The Labute approximate surface area is 119 Å². The third-order valence-electron chi connectivity index (χ3n) is 3.36. The molecule has 3 nitrogen and oxygen atoms in total. The average Bonchev–Trinajstić information content (AvgIpc) is 3.32. The van der Waals surface area contributed by atoms with Gasteiger partial charge in [-0.3, -0.25) is 4.79 Å². The molecule has 0 spiro atoms. The van der Waals surface area contributed by atoms with Gasteiger partial charge in [-0.15, -0.1) is 0 Å². The fraction of sp³-hybridized carbons (Fsp3) is 0.353. The van der Waals surface area contributed by atoms with Gasteiger partial charge in [0.05, 0.1) is 20.6 Å². The zero-order chi connectivity index (χ0) is 14.4. The number of rotatable bonds is 6. The van der Waals surface area contributed by atoms with Crippen LogP contribution >= 0.6 is 0 Å². The molecule has 1 aromatic rings. The molecule has 1 saturated carbocycles. The summed E-state index contributed by atoms with van der Waals surface area (Å²) in [5, 5.41) is 0. The Morgan fingerprint density at radius 1 is 1.25 bits per heavy atom. The first-order valence-corrected chi connectivity index (χ1v) is 6.82. The Morgan fingerprint density at radius 3 is 2.50 bits per heavy atom. The number of benzene rings is 1. The van der Waals surface area contributed by atoms with E-state index in [2.05, 4.69) is 22.9 Å². The molecule has 1 fully saturated rings. The molecule has 0 amide bonds. The maximum Gasteiger partial charge on any atom is 0.309 e. The van der Waals surface area contributed by atoms with Crippen molar-refractivity contribution in [1.29, 1.82) is 0 Å². The van der Waals surface area contributed by atoms with Crippen molar-refractivity contribution in [3.63, 3.8) is 0 Å². The fourth-order valence-corrected chi connectivity index (χ4v) is 2.07. The number of allylic oxidation sites excluding steroid dienone is 3. The standard InChI is InChI=1S/C17H20O3/c1-19-15-11-9-14(10-12-15)16(13-7-8-13)5-3-4-6-17(18)20-2/h3-5,9-13H,6-8H2,1-2H3/b4-3+,16-5-. The van der Waals surface area contributed by atoms with Crippen LogP contribution in [0.25, 0.3) is 5.57 Å². The second kappa shape index (κ2) is 6.94. The molecule has 1 aliphatic rings. The predicted octanol–water partition coefficient (Wildman–Crippen LogP) is 3.61. The summed E-state index contributed by atoms with van der Waals surface area (Å²) in [4.78, 5) is 11.0. The normalized spacial score (nSPS) is 15.4. The number of carbonyl (C=O) groups is 1. The summed E-state index contributed by atoms with van der Waals surface area (Å²) in [6, 6.07) is 8.11. The Bertz CT molecular complexity index is 508. The lowest BCUT2D eigenvalue weighted by atomic mass is 10.0. The van der Waals surface area contributed by atoms with Crippen molar-refractivity contribution in [2.45, 2.75) is 19.3 Å². The highest BCUT2D eigenvalue weighted by molar-refractivity contribution is 5.72. The molecule has 0 aromatic heterocycles. The molecular weight excluding hydrogens is 252 g/mol.